The number of amides is 2. The van der Waals surface area contributed by atoms with Crippen LogP contribution in [0.25, 0.3) is 0 Å². The van der Waals surface area contributed by atoms with Crippen LogP contribution < -0.4 is 0 Å². The van der Waals surface area contributed by atoms with Crippen molar-refractivity contribution in [3.8, 4) is 0 Å². The quantitative estimate of drug-likeness (QED) is 0.799. The van der Waals surface area contributed by atoms with Crippen LogP contribution >= 0.6 is 0 Å². The molecule has 6 heteroatoms. The summed E-state index contributed by atoms with van der Waals surface area (Å²) < 4.78 is 0. The molecule has 0 bridgehead atoms. The van der Waals surface area contributed by atoms with Gasteiger partial charge in [0.15, 0.2) is 0 Å². The molecule has 6 nitrogen and oxygen atoms in total. The molecule has 0 aromatic rings. The summed E-state index contributed by atoms with van der Waals surface area (Å²) in [4.78, 5) is 38.8. The van der Waals surface area contributed by atoms with Crippen molar-refractivity contribution >= 4 is 17.8 Å². The van der Waals surface area contributed by atoms with E-state index in [9.17, 15) is 19.5 Å². The molecule has 1 saturated carbocycles. The van der Waals surface area contributed by atoms with Crippen molar-refractivity contribution < 1.29 is 19.5 Å². The van der Waals surface area contributed by atoms with Gasteiger partial charge in [0.05, 0.1) is 18.4 Å². The van der Waals surface area contributed by atoms with E-state index in [4.69, 9.17) is 0 Å². The van der Waals surface area contributed by atoms with Crippen molar-refractivity contribution in [1.29, 1.82) is 0 Å². The highest BCUT2D eigenvalue weighted by Crippen LogP contribution is 2.31. The largest absolute Gasteiger partial charge is 0.481 e. The van der Waals surface area contributed by atoms with E-state index in [-0.39, 0.29) is 18.4 Å². The number of carboxylic acids is 1. The first-order valence-electron chi connectivity index (χ1n) is 7.67. The van der Waals surface area contributed by atoms with E-state index < -0.39 is 17.8 Å². The Hall–Kier alpha value is -1.59. The van der Waals surface area contributed by atoms with Gasteiger partial charge >= 0.3 is 5.97 Å². The van der Waals surface area contributed by atoms with Crippen LogP contribution in [0.1, 0.15) is 39.5 Å². The Morgan fingerprint density at radius 1 is 1.05 bits per heavy atom. The van der Waals surface area contributed by atoms with Gasteiger partial charge in [-0.1, -0.05) is 12.8 Å². The van der Waals surface area contributed by atoms with Crippen molar-refractivity contribution in [3.63, 3.8) is 0 Å². The fourth-order valence-electron chi connectivity index (χ4n) is 2.96. The minimum absolute atomic E-state index is 0.0172. The predicted molar refractivity (Wildman–Crippen MR) is 78.6 cm³/mol. The van der Waals surface area contributed by atoms with Crippen LogP contribution in [-0.4, -0.2) is 59.4 Å². The Kier molecular flexibility index (Phi) is 6.65. The number of aliphatic carboxylic acids is 1. The van der Waals surface area contributed by atoms with Gasteiger partial charge in [-0.25, -0.2) is 0 Å². The van der Waals surface area contributed by atoms with E-state index in [0.29, 0.717) is 25.9 Å². The van der Waals surface area contributed by atoms with Gasteiger partial charge in [-0.15, -0.1) is 0 Å². The molecule has 1 N–H and O–H groups in total. The summed E-state index contributed by atoms with van der Waals surface area (Å²) >= 11 is 0. The van der Waals surface area contributed by atoms with Crippen molar-refractivity contribution in [1.82, 2.24) is 9.80 Å². The zero-order valence-electron chi connectivity index (χ0n) is 13.2. The maximum Gasteiger partial charge on any atom is 0.307 e. The first-order chi connectivity index (χ1) is 9.92. The molecule has 1 rings (SSSR count). The fraction of sp³-hybridized carbons (Fsp3) is 0.800. The molecular weight excluding hydrogens is 272 g/mol. The summed E-state index contributed by atoms with van der Waals surface area (Å²) in [5.41, 5.74) is 0. The maximum absolute atomic E-state index is 12.4. The fourth-order valence-corrected chi connectivity index (χ4v) is 2.96. The molecule has 0 aromatic carbocycles. The molecule has 0 unspecified atom stereocenters. The monoisotopic (exact) mass is 298 g/mol. The van der Waals surface area contributed by atoms with Crippen LogP contribution in [-0.2, 0) is 14.4 Å². The van der Waals surface area contributed by atoms with Crippen LogP contribution in [0.15, 0.2) is 0 Å². The normalized spacial score (nSPS) is 21.7. The van der Waals surface area contributed by atoms with Gasteiger partial charge in [-0.3, -0.25) is 14.4 Å². The molecule has 0 spiro atoms. The number of hydrogen-bond donors (Lipinski definition) is 1. The lowest BCUT2D eigenvalue weighted by atomic mass is 9.78. The Labute approximate surface area is 126 Å². The smallest absolute Gasteiger partial charge is 0.307 e. The number of rotatable bonds is 6. The number of nitrogens with zero attached hydrogens (tertiary/aromatic N) is 2. The number of hydrogen-bond acceptors (Lipinski definition) is 3. The van der Waals surface area contributed by atoms with Gasteiger partial charge in [0.1, 0.15) is 0 Å². The molecule has 21 heavy (non-hydrogen) atoms. The Morgan fingerprint density at radius 2 is 1.57 bits per heavy atom. The van der Waals surface area contributed by atoms with Crippen LogP contribution in [0.4, 0.5) is 0 Å². The molecular formula is C15H26N2O4. The summed E-state index contributed by atoms with van der Waals surface area (Å²) in [6.07, 6.45) is 2.87. The van der Waals surface area contributed by atoms with Crippen molar-refractivity contribution in [3.05, 3.63) is 0 Å². The second-order valence-corrected chi connectivity index (χ2v) is 5.60. The molecule has 0 radical (unpaired) electrons. The summed E-state index contributed by atoms with van der Waals surface area (Å²) in [6, 6.07) is 0. The number of likely N-dealkylation sites (N-methyl/N-ethyl adjacent to an activating group) is 2. The van der Waals surface area contributed by atoms with Crippen LogP contribution in [0.2, 0.25) is 0 Å². The average Bonchev–Trinajstić information content (AvgIpc) is 2.47. The molecule has 0 aliphatic heterocycles. The topological polar surface area (TPSA) is 77.9 Å². The van der Waals surface area contributed by atoms with Gasteiger partial charge < -0.3 is 14.9 Å². The third kappa shape index (κ3) is 4.44. The van der Waals surface area contributed by atoms with Crippen LogP contribution in [0, 0.1) is 11.8 Å². The third-order valence-electron chi connectivity index (χ3n) is 4.27. The van der Waals surface area contributed by atoms with E-state index in [2.05, 4.69) is 0 Å². The minimum Gasteiger partial charge on any atom is -0.481 e. The molecule has 2 amide bonds. The second-order valence-electron chi connectivity index (χ2n) is 5.60. The van der Waals surface area contributed by atoms with Crippen molar-refractivity contribution in [2.45, 2.75) is 39.5 Å². The molecule has 1 fully saturated rings. The summed E-state index contributed by atoms with van der Waals surface area (Å²) in [6.45, 7) is 5.02. The second kappa shape index (κ2) is 8.00. The lowest BCUT2D eigenvalue weighted by Crippen LogP contribution is -2.45. The van der Waals surface area contributed by atoms with E-state index in [1.165, 1.54) is 4.90 Å². The van der Waals surface area contributed by atoms with Gasteiger partial charge in [0.2, 0.25) is 11.8 Å². The number of carbonyl (C=O) groups is 3. The first-order valence-corrected chi connectivity index (χ1v) is 7.67. The summed E-state index contributed by atoms with van der Waals surface area (Å²) in [5, 5.41) is 9.24. The van der Waals surface area contributed by atoms with E-state index >= 15 is 0 Å². The molecule has 2 atom stereocenters. The van der Waals surface area contributed by atoms with Gasteiger partial charge in [-0.2, -0.15) is 0 Å². The zero-order chi connectivity index (χ0) is 16.0. The zero-order valence-corrected chi connectivity index (χ0v) is 13.2. The van der Waals surface area contributed by atoms with Gasteiger partial charge in [0.25, 0.3) is 0 Å². The van der Waals surface area contributed by atoms with Gasteiger partial charge in [0, 0.05) is 20.1 Å². The first kappa shape index (κ1) is 17.5. The lowest BCUT2D eigenvalue weighted by molar-refractivity contribution is -0.152. The summed E-state index contributed by atoms with van der Waals surface area (Å²) in [5.74, 6) is -2.33. The standard InChI is InChI=1S/C15H26N2O4/c1-4-17(5-2)13(18)10-16(3)14(19)11-8-6-7-9-12(11)15(20)21/h11-12H,4-10H2,1-3H3,(H,20,21)/t11-,12+/m1/s1. The molecule has 120 valence electrons. The van der Waals surface area contributed by atoms with Crippen molar-refractivity contribution in [2.24, 2.45) is 11.8 Å². The van der Waals surface area contributed by atoms with E-state index in [1.54, 1.807) is 11.9 Å². The number of carboxylic acid groups (broad SMARTS) is 1. The highest BCUT2D eigenvalue weighted by atomic mass is 16.4. The highest BCUT2D eigenvalue weighted by Gasteiger charge is 2.37. The molecule has 0 saturated heterocycles. The van der Waals surface area contributed by atoms with Crippen LogP contribution in [0.5, 0.6) is 0 Å². The average molecular weight is 298 g/mol. The number of carbonyl (C=O) groups excluding carboxylic acids is 2. The van der Waals surface area contributed by atoms with Gasteiger partial charge in [-0.05, 0) is 26.7 Å². The molecule has 1 aliphatic carbocycles. The molecule has 0 heterocycles. The van der Waals surface area contributed by atoms with E-state index in [0.717, 1.165) is 12.8 Å². The highest BCUT2D eigenvalue weighted by molar-refractivity contribution is 5.88. The Bertz CT molecular complexity index is 393. The predicted octanol–water partition coefficient (Wildman–Crippen LogP) is 1.20. The minimum atomic E-state index is -0.906. The Morgan fingerprint density at radius 3 is 2.05 bits per heavy atom. The van der Waals surface area contributed by atoms with Crippen LogP contribution in [0.3, 0.4) is 0 Å². The molecule has 1 aliphatic rings. The van der Waals surface area contributed by atoms with Crippen molar-refractivity contribution in [2.75, 3.05) is 26.7 Å². The SMILES string of the molecule is CCN(CC)C(=O)CN(C)C(=O)[C@@H]1CCCC[C@@H]1C(=O)O. The lowest BCUT2D eigenvalue weighted by Gasteiger charge is -2.31. The Balaban J connectivity index is 2.68. The van der Waals surface area contributed by atoms with E-state index in [1.807, 2.05) is 13.8 Å². The third-order valence-corrected chi connectivity index (χ3v) is 4.27. The maximum atomic E-state index is 12.4. The summed E-state index contributed by atoms with van der Waals surface area (Å²) in [7, 11) is 1.58. The molecule has 0 aromatic heterocycles.